The Morgan fingerprint density at radius 2 is 1.86 bits per heavy atom. The van der Waals surface area contributed by atoms with Crippen LogP contribution in [0.3, 0.4) is 0 Å². The van der Waals surface area contributed by atoms with Gasteiger partial charge in [-0.3, -0.25) is 4.99 Å². The minimum atomic E-state index is -3.42. The van der Waals surface area contributed by atoms with E-state index >= 15 is 0 Å². The van der Waals surface area contributed by atoms with Gasteiger partial charge in [0.05, 0.1) is 11.8 Å². The minimum absolute atomic E-state index is 0. The molecule has 29 heavy (non-hydrogen) atoms. The second kappa shape index (κ2) is 12.1. The minimum Gasteiger partial charge on any atom is -0.355 e. The normalized spacial score (nSPS) is 12.8. The second-order valence-electron chi connectivity index (χ2n) is 6.50. The fourth-order valence-electron chi connectivity index (χ4n) is 2.53. The number of sulfonamides is 1. The highest BCUT2D eigenvalue weighted by molar-refractivity contribution is 14.0. The highest BCUT2D eigenvalue weighted by atomic mass is 127. The Morgan fingerprint density at radius 1 is 1.17 bits per heavy atom. The first kappa shape index (κ1) is 25.3. The molecule has 0 saturated heterocycles. The number of hydrogen-bond donors (Lipinski definition) is 3. The number of benzene rings is 2. The molecular weight excluding hydrogens is 506 g/mol. The van der Waals surface area contributed by atoms with Crippen molar-refractivity contribution in [3.63, 3.8) is 0 Å². The van der Waals surface area contributed by atoms with Crippen LogP contribution in [0.25, 0.3) is 0 Å². The van der Waals surface area contributed by atoms with Gasteiger partial charge in [0.1, 0.15) is 5.82 Å². The molecule has 9 heteroatoms. The number of hydrogen-bond acceptors (Lipinski definition) is 3. The Balaban J connectivity index is 0.00000420. The molecule has 0 aliphatic heterocycles. The number of aliphatic imine (C=N–C) groups is 1. The van der Waals surface area contributed by atoms with Crippen LogP contribution in [0, 0.1) is 12.7 Å². The van der Waals surface area contributed by atoms with E-state index in [0.717, 1.165) is 11.1 Å². The smallest absolute Gasteiger partial charge is 0.213 e. The molecule has 0 aliphatic rings. The molecule has 160 valence electrons. The Hall–Kier alpha value is -1.72. The Labute approximate surface area is 189 Å². The molecule has 0 amide bonds. The van der Waals surface area contributed by atoms with Crippen molar-refractivity contribution in [3.8, 4) is 0 Å². The molecule has 2 aromatic carbocycles. The number of guanidine groups is 1. The third-order valence-corrected chi connectivity index (χ3v) is 5.60. The number of halogens is 2. The van der Waals surface area contributed by atoms with E-state index in [1.165, 1.54) is 6.07 Å². The highest BCUT2D eigenvalue weighted by Crippen LogP contribution is 2.16. The zero-order chi connectivity index (χ0) is 20.6. The average Bonchev–Trinajstić information content (AvgIpc) is 2.68. The van der Waals surface area contributed by atoms with Crippen molar-refractivity contribution in [3.05, 3.63) is 71.0 Å². The van der Waals surface area contributed by atoms with Crippen LogP contribution in [0.1, 0.15) is 29.7 Å². The van der Waals surface area contributed by atoms with Gasteiger partial charge in [-0.1, -0.05) is 42.5 Å². The van der Waals surface area contributed by atoms with Crippen LogP contribution < -0.4 is 15.4 Å². The number of aryl methyl sites for hydroxylation is 1. The summed E-state index contributed by atoms with van der Waals surface area (Å²) < 4.78 is 40.6. The van der Waals surface area contributed by atoms with Crippen molar-refractivity contribution in [1.82, 2.24) is 15.4 Å². The Morgan fingerprint density at radius 3 is 2.48 bits per heavy atom. The predicted molar refractivity (Wildman–Crippen MR) is 127 cm³/mol. The molecule has 1 atom stereocenters. The van der Waals surface area contributed by atoms with Crippen LogP contribution in [0.15, 0.2) is 53.5 Å². The summed E-state index contributed by atoms with van der Waals surface area (Å²) in [7, 11) is -1.82. The fraction of sp³-hybridized carbons (Fsp3) is 0.350. The third kappa shape index (κ3) is 8.67. The Kier molecular flexibility index (Phi) is 10.5. The maximum absolute atomic E-state index is 13.7. The summed E-state index contributed by atoms with van der Waals surface area (Å²) in [5.74, 6) is 0.102. The fourth-order valence-corrected chi connectivity index (χ4v) is 3.43. The molecule has 1 unspecified atom stereocenters. The molecule has 0 aromatic heterocycles. The maximum Gasteiger partial charge on any atom is 0.213 e. The summed E-state index contributed by atoms with van der Waals surface area (Å²) in [5, 5.41) is 6.11. The maximum atomic E-state index is 13.7. The van der Waals surface area contributed by atoms with Crippen LogP contribution in [-0.2, 0) is 16.6 Å². The lowest BCUT2D eigenvalue weighted by Gasteiger charge is -2.18. The lowest BCUT2D eigenvalue weighted by atomic mass is 10.1. The quantitative estimate of drug-likeness (QED) is 0.276. The first-order valence-corrected chi connectivity index (χ1v) is 10.7. The lowest BCUT2D eigenvalue weighted by molar-refractivity contribution is 0.579. The van der Waals surface area contributed by atoms with Gasteiger partial charge in [0.25, 0.3) is 0 Å². The predicted octanol–water partition coefficient (Wildman–Crippen LogP) is 3.10. The van der Waals surface area contributed by atoms with E-state index in [2.05, 4.69) is 20.3 Å². The molecule has 6 nitrogen and oxygen atoms in total. The van der Waals surface area contributed by atoms with E-state index in [1.54, 1.807) is 20.0 Å². The molecule has 2 rings (SSSR count). The van der Waals surface area contributed by atoms with Gasteiger partial charge in [0.2, 0.25) is 10.0 Å². The van der Waals surface area contributed by atoms with E-state index in [4.69, 9.17) is 0 Å². The van der Waals surface area contributed by atoms with Gasteiger partial charge in [0, 0.05) is 20.1 Å². The largest absolute Gasteiger partial charge is 0.355 e. The van der Waals surface area contributed by atoms with Crippen LogP contribution in [0.5, 0.6) is 0 Å². The van der Waals surface area contributed by atoms with Crippen molar-refractivity contribution in [2.45, 2.75) is 26.4 Å². The molecular formula is C20H28FIN4O2S. The van der Waals surface area contributed by atoms with Crippen LogP contribution >= 0.6 is 24.0 Å². The van der Waals surface area contributed by atoms with E-state index < -0.39 is 10.0 Å². The van der Waals surface area contributed by atoms with Crippen LogP contribution in [0.4, 0.5) is 4.39 Å². The molecule has 0 heterocycles. The van der Waals surface area contributed by atoms with Gasteiger partial charge in [-0.25, -0.2) is 17.5 Å². The summed E-state index contributed by atoms with van der Waals surface area (Å²) in [6.07, 6.45) is 0. The first-order chi connectivity index (χ1) is 13.3. The van der Waals surface area contributed by atoms with Gasteiger partial charge < -0.3 is 10.6 Å². The van der Waals surface area contributed by atoms with Crippen LogP contribution in [0.2, 0.25) is 0 Å². The molecule has 0 radical (unpaired) electrons. The van der Waals surface area contributed by atoms with Crippen molar-refractivity contribution >= 4 is 40.0 Å². The lowest BCUT2D eigenvalue weighted by Crippen LogP contribution is -2.42. The number of nitrogens with one attached hydrogen (secondary N) is 3. The standard InChI is InChI=1S/C20H27FN4O2S.HI/c1-15-9-10-18(13-19(15)21)16(2)25-20(22-3)23-11-12-28(26,27)24-14-17-7-5-4-6-8-17;/h4-10,13,16,24H,11-12,14H2,1-3H3,(H2,22,23,25);1H. The zero-order valence-corrected chi connectivity index (χ0v) is 19.9. The highest BCUT2D eigenvalue weighted by Gasteiger charge is 2.12. The van der Waals surface area contributed by atoms with Crippen molar-refractivity contribution in [1.29, 1.82) is 0 Å². The number of rotatable bonds is 8. The van der Waals surface area contributed by atoms with Gasteiger partial charge in [-0.15, -0.1) is 24.0 Å². The van der Waals surface area contributed by atoms with Crippen molar-refractivity contribution in [2.24, 2.45) is 4.99 Å². The van der Waals surface area contributed by atoms with Gasteiger partial charge in [-0.2, -0.15) is 0 Å². The van der Waals surface area contributed by atoms with Gasteiger partial charge >= 0.3 is 0 Å². The second-order valence-corrected chi connectivity index (χ2v) is 8.43. The monoisotopic (exact) mass is 534 g/mol. The summed E-state index contributed by atoms with van der Waals surface area (Å²) >= 11 is 0. The molecule has 3 N–H and O–H groups in total. The third-order valence-electron chi connectivity index (χ3n) is 4.27. The summed E-state index contributed by atoms with van der Waals surface area (Å²) in [5.41, 5.74) is 2.27. The van der Waals surface area contributed by atoms with Crippen LogP contribution in [-0.4, -0.2) is 33.7 Å². The van der Waals surface area contributed by atoms with Crippen molar-refractivity contribution in [2.75, 3.05) is 19.3 Å². The van der Waals surface area contributed by atoms with E-state index in [-0.39, 0.29) is 54.7 Å². The van der Waals surface area contributed by atoms with Gasteiger partial charge in [0.15, 0.2) is 5.96 Å². The van der Waals surface area contributed by atoms with E-state index in [9.17, 15) is 12.8 Å². The van der Waals surface area contributed by atoms with E-state index in [1.807, 2.05) is 43.3 Å². The average molecular weight is 534 g/mol. The van der Waals surface area contributed by atoms with Crippen molar-refractivity contribution < 1.29 is 12.8 Å². The van der Waals surface area contributed by atoms with Gasteiger partial charge in [-0.05, 0) is 36.6 Å². The molecule has 0 saturated carbocycles. The topological polar surface area (TPSA) is 82.6 Å². The molecule has 0 fully saturated rings. The number of nitrogens with zero attached hydrogens (tertiary/aromatic N) is 1. The Bertz CT molecular complexity index is 908. The molecule has 0 bridgehead atoms. The zero-order valence-electron chi connectivity index (χ0n) is 16.8. The molecule has 2 aromatic rings. The SMILES string of the molecule is CN=C(NCCS(=O)(=O)NCc1ccccc1)NC(C)c1ccc(C)c(F)c1.I. The summed E-state index contributed by atoms with van der Waals surface area (Å²) in [6, 6.07) is 14.2. The summed E-state index contributed by atoms with van der Waals surface area (Å²) in [6.45, 7) is 4.05. The van der Waals surface area contributed by atoms with E-state index in [0.29, 0.717) is 11.5 Å². The first-order valence-electron chi connectivity index (χ1n) is 9.05. The summed E-state index contributed by atoms with van der Waals surface area (Å²) in [4.78, 5) is 4.09. The molecule has 0 aliphatic carbocycles. The molecule has 0 spiro atoms.